The molecule has 0 saturated heterocycles. The Morgan fingerprint density at radius 3 is 2.66 bits per heavy atom. The number of ether oxygens (including phenoxy) is 1. The average molecular weight is 523 g/mol. The van der Waals surface area contributed by atoms with Crippen LogP contribution in [0.4, 0.5) is 5.69 Å². The number of hydroxylamine groups is 1. The molecule has 0 bridgehead atoms. The molecule has 1 atom stereocenters. The van der Waals surface area contributed by atoms with E-state index in [1.54, 1.807) is 0 Å². The van der Waals surface area contributed by atoms with Crippen molar-refractivity contribution in [1.29, 1.82) is 0 Å². The molecular formula is C19H20BN4O9S2. The summed E-state index contributed by atoms with van der Waals surface area (Å²) in [5.74, 6) is -0.681. The van der Waals surface area contributed by atoms with Crippen LogP contribution in [0, 0.1) is 10.1 Å². The fraction of sp³-hybridized carbons (Fsp3) is 0.316. The Hall–Kier alpha value is -3.18. The van der Waals surface area contributed by atoms with Gasteiger partial charge in [0.2, 0.25) is 0 Å². The van der Waals surface area contributed by atoms with Crippen molar-refractivity contribution in [2.24, 2.45) is 0 Å². The van der Waals surface area contributed by atoms with E-state index in [0.717, 1.165) is 40.2 Å². The number of fused-ring (bicyclic) bond motifs is 1. The highest BCUT2D eigenvalue weighted by molar-refractivity contribution is 7.89. The van der Waals surface area contributed by atoms with Gasteiger partial charge in [-0.15, -0.1) is 6.58 Å². The zero-order chi connectivity index (χ0) is 25.8. The number of nitrogens with zero attached hydrogens (tertiary/aromatic N) is 4. The average Bonchev–Trinajstić information content (AvgIpc) is 3.14. The number of nitro benzene ring substituents is 1. The molecule has 0 N–H and O–H groups in total. The van der Waals surface area contributed by atoms with Crippen molar-refractivity contribution >= 4 is 46.6 Å². The fourth-order valence-corrected chi connectivity index (χ4v) is 5.98. The van der Waals surface area contributed by atoms with Crippen molar-refractivity contribution in [2.75, 3.05) is 20.3 Å². The van der Waals surface area contributed by atoms with Crippen LogP contribution in [0.25, 0.3) is 0 Å². The van der Waals surface area contributed by atoms with Crippen LogP contribution in [-0.2, 0) is 42.3 Å². The first-order chi connectivity index (χ1) is 16.6. The fourth-order valence-electron chi connectivity index (χ4n) is 3.45. The number of benzene rings is 1. The third-order valence-electron chi connectivity index (χ3n) is 5.03. The number of hydrogen-bond donors (Lipinski definition) is 0. The summed E-state index contributed by atoms with van der Waals surface area (Å²) in [6.45, 7) is 2.93. The summed E-state index contributed by atoms with van der Waals surface area (Å²) in [7, 11) is -2.06. The molecule has 16 heteroatoms. The minimum atomic E-state index is -4.41. The summed E-state index contributed by atoms with van der Waals surface area (Å²) in [4.78, 5) is 52.6. The van der Waals surface area contributed by atoms with Gasteiger partial charge in [0.05, 0.1) is 46.3 Å². The summed E-state index contributed by atoms with van der Waals surface area (Å²) < 4.78 is 33.6. The normalized spacial score (nSPS) is 15.9. The van der Waals surface area contributed by atoms with Gasteiger partial charge in [-0.25, -0.2) is 8.42 Å². The van der Waals surface area contributed by atoms with Crippen LogP contribution >= 0.6 is 11.3 Å². The Morgan fingerprint density at radius 2 is 2.09 bits per heavy atom. The number of hydrogen-bond acceptors (Lipinski definition) is 11. The highest BCUT2D eigenvalue weighted by Gasteiger charge is 2.41. The Bertz CT molecular complexity index is 1290. The molecule has 13 nitrogen and oxygen atoms in total. The van der Waals surface area contributed by atoms with Crippen molar-refractivity contribution in [3.8, 4) is 0 Å². The largest absolute Gasteiger partial charge is 0.468 e. The molecule has 1 aliphatic rings. The Morgan fingerprint density at radius 1 is 1.40 bits per heavy atom. The van der Waals surface area contributed by atoms with Crippen LogP contribution in [0.3, 0.4) is 0 Å². The molecule has 2 heterocycles. The Balaban J connectivity index is 2.13. The van der Waals surface area contributed by atoms with Crippen LogP contribution in [0.15, 0.2) is 46.6 Å². The second kappa shape index (κ2) is 11.0. The molecule has 1 aromatic heterocycles. The van der Waals surface area contributed by atoms with E-state index in [1.165, 1.54) is 25.4 Å². The van der Waals surface area contributed by atoms with Crippen molar-refractivity contribution in [2.45, 2.75) is 24.0 Å². The van der Waals surface area contributed by atoms with E-state index < -0.39 is 38.4 Å². The number of thiazole rings is 1. The number of methoxy groups -OCH3 is 1. The molecule has 1 aromatic carbocycles. The highest BCUT2D eigenvalue weighted by Crippen LogP contribution is 2.36. The topological polar surface area (TPSA) is 158 Å². The van der Waals surface area contributed by atoms with Gasteiger partial charge in [0, 0.05) is 25.2 Å². The molecule has 35 heavy (non-hydrogen) atoms. The van der Waals surface area contributed by atoms with Gasteiger partial charge in [0.25, 0.3) is 23.1 Å². The molecule has 0 saturated carbocycles. The van der Waals surface area contributed by atoms with E-state index in [2.05, 4.69) is 11.3 Å². The molecule has 0 fully saturated rings. The van der Waals surface area contributed by atoms with Crippen molar-refractivity contribution in [3.63, 3.8) is 0 Å². The number of esters is 1. The predicted molar refractivity (Wildman–Crippen MR) is 125 cm³/mol. The van der Waals surface area contributed by atoms with E-state index >= 15 is 0 Å². The van der Waals surface area contributed by atoms with E-state index in [4.69, 9.17) is 4.84 Å². The monoisotopic (exact) mass is 523 g/mol. The molecular weight excluding hydrogens is 503 g/mol. The second-order valence-electron chi connectivity index (χ2n) is 7.17. The molecule has 1 unspecified atom stereocenters. The molecule has 185 valence electrons. The summed E-state index contributed by atoms with van der Waals surface area (Å²) in [6, 6.07) is 3.14. The minimum Gasteiger partial charge on any atom is -0.468 e. The molecule has 2 aromatic rings. The number of nitro groups is 1. The maximum Gasteiger partial charge on any atom is 0.325 e. The van der Waals surface area contributed by atoms with Gasteiger partial charge in [-0.1, -0.05) is 21.9 Å². The van der Waals surface area contributed by atoms with Crippen LogP contribution in [-0.4, -0.2) is 67.0 Å². The maximum atomic E-state index is 13.6. The lowest BCUT2D eigenvalue weighted by atomic mass is 9.90. The van der Waals surface area contributed by atoms with E-state index in [-0.39, 0.29) is 30.3 Å². The highest BCUT2D eigenvalue weighted by atomic mass is 32.2. The number of sulfonamides is 1. The second-order valence-corrected chi connectivity index (χ2v) is 9.94. The van der Waals surface area contributed by atoms with Gasteiger partial charge >= 0.3 is 10.8 Å². The van der Waals surface area contributed by atoms with Gasteiger partial charge in [-0.2, -0.15) is 0 Å². The van der Waals surface area contributed by atoms with Gasteiger partial charge in [0.1, 0.15) is 6.54 Å². The van der Waals surface area contributed by atoms with Crippen LogP contribution in [0.2, 0.25) is 0 Å². The first-order valence-electron chi connectivity index (χ1n) is 9.98. The first-order valence-corrected chi connectivity index (χ1v) is 12.2. The number of carbonyl (C=O) groups excluding carboxylic acids is 2. The molecule has 0 amide bonds. The third-order valence-corrected chi connectivity index (χ3v) is 7.86. The Kier molecular flexibility index (Phi) is 8.34. The minimum absolute atomic E-state index is 0.0483. The van der Waals surface area contributed by atoms with Crippen molar-refractivity contribution < 1.29 is 32.5 Å². The van der Waals surface area contributed by atoms with E-state index in [0.29, 0.717) is 21.2 Å². The van der Waals surface area contributed by atoms with Gasteiger partial charge in [0.15, 0.2) is 0 Å². The first kappa shape index (κ1) is 26.4. The quantitative estimate of drug-likeness (QED) is 0.101. The van der Waals surface area contributed by atoms with Crippen LogP contribution in [0.1, 0.15) is 16.6 Å². The van der Waals surface area contributed by atoms with Gasteiger partial charge in [-0.3, -0.25) is 29.1 Å². The standard InChI is InChI=1S/C19H20BN4O9S2/c1-3-8-33-24(35(30,31)14-6-4-13(5-7-14)23(28)29)16-10-21(20-12-25)9-15-18(16)34-19(27)22(15)11-17(26)32-2/h3-7,12,16H,1,8-11H2,2H3. The smallest absolute Gasteiger partial charge is 0.325 e. The number of rotatable bonds is 11. The molecule has 1 aliphatic heterocycles. The Labute approximate surface area is 204 Å². The summed E-state index contributed by atoms with van der Waals surface area (Å²) in [5.41, 5.74) is 0.0261. The lowest BCUT2D eigenvalue weighted by Gasteiger charge is -2.36. The zero-order valence-electron chi connectivity index (χ0n) is 18.4. The predicted octanol–water partition coefficient (Wildman–Crippen LogP) is 0.466. The molecule has 1 radical (unpaired) electrons. The van der Waals surface area contributed by atoms with Crippen LogP contribution in [0.5, 0.6) is 0 Å². The molecule has 3 rings (SSSR count). The summed E-state index contributed by atoms with van der Waals surface area (Å²) in [5, 5.41) is 11.0. The van der Waals surface area contributed by atoms with Gasteiger partial charge < -0.3 is 14.3 Å². The lowest BCUT2D eigenvalue weighted by Crippen LogP contribution is -2.46. The summed E-state index contributed by atoms with van der Waals surface area (Å²) >= 11 is 0.746. The number of carbonyl (C=O) groups is 2. The maximum absolute atomic E-state index is 13.6. The van der Waals surface area contributed by atoms with Crippen LogP contribution < -0.4 is 4.87 Å². The zero-order valence-corrected chi connectivity index (χ0v) is 20.1. The van der Waals surface area contributed by atoms with Gasteiger partial charge in [-0.05, 0) is 12.1 Å². The van der Waals surface area contributed by atoms with E-state index in [9.17, 15) is 32.9 Å². The lowest BCUT2D eigenvalue weighted by molar-refractivity contribution is -0.384. The summed E-state index contributed by atoms with van der Waals surface area (Å²) in [6.07, 6.45) is 1.83. The van der Waals surface area contributed by atoms with E-state index in [1.807, 2.05) is 0 Å². The molecule has 0 spiro atoms. The third kappa shape index (κ3) is 5.57. The number of non-ortho nitro benzene ring substituents is 1. The SMILES string of the molecule is C=CCON(C1CN([B]C=O)Cc2c1sc(=O)n2CC(=O)OC)S(=O)(=O)c1ccc([N+](=O)[O-])cc1. The number of aromatic nitrogens is 1. The van der Waals surface area contributed by atoms with Crippen molar-refractivity contribution in [3.05, 3.63) is 67.3 Å². The van der Waals surface area contributed by atoms with Crippen molar-refractivity contribution in [1.82, 2.24) is 13.8 Å². The molecule has 0 aliphatic carbocycles.